The third-order valence-corrected chi connectivity index (χ3v) is 5.42. The summed E-state index contributed by atoms with van der Waals surface area (Å²) < 4.78 is 10.5. The number of rotatable bonds is 7. The molecule has 7 heteroatoms. The van der Waals surface area contributed by atoms with Crippen LogP contribution in [-0.2, 0) is 16.1 Å². The molecule has 1 heterocycles. The third kappa shape index (κ3) is 5.38. The van der Waals surface area contributed by atoms with Crippen molar-refractivity contribution in [2.75, 3.05) is 23.9 Å². The van der Waals surface area contributed by atoms with E-state index in [0.29, 0.717) is 35.5 Å². The molecular weight excluding hydrogens is 420 g/mol. The van der Waals surface area contributed by atoms with Gasteiger partial charge in [-0.05, 0) is 72.6 Å². The standard InChI is InChI=1S/C26H24N2O5/c1-32-23-14-10-21(11-15-23)27-25(30)19-6-4-18(5-7-19)17-33-26(31)20-8-12-22(13-9-20)28-16-2-3-24(28)29/h4-15H,2-3,16-17H2,1H3,(H,27,30). The molecule has 0 aromatic heterocycles. The number of esters is 1. The molecule has 1 aliphatic rings. The number of anilines is 2. The Morgan fingerprint density at radius 2 is 1.58 bits per heavy atom. The number of amides is 2. The summed E-state index contributed by atoms with van der Waals surface area (Å²) in [7, 11) is 1.58. The van der Waals surface area contributed by atoms with E-state index in [2.05, 4.69) is 5.32 Å². The van der Waals surface area contributed by atoms with E-state index in [0.717, 1.165) is 17.7 Å². The molecule has 0 spiro atoms. The number of nitrogens with one attached hydrogen (secondary N) is 1. The van der Waals surface area contributed by atoms with Crippen LogP contribution in [0.4, 0.5) is 11.4 Å². The minimum atomic E-state index is -0.448. The van der Waals surface area contributed by atoms with E-state index < -0.39 is 5.97 Å². The van der Waals surface area contributed by atoms with Gasteiger partial charge in [0.05, 0.1) is 12.7 Å². The van der Waals surface area contributed by atoms with E-state index in [1.807, 2.05) is 0 Å². The van der Waals surface area contributed by atoms with E-state index in [1.165, 1.54) is 0 Å². The monoisotopic (exact) mass is 444 g/mol. The lowest BCUT2D eigenvalue weighted by Crippen LogP contribution is -2.23. The highest BCUT2D eigenvalue weighted by atomic mass is 16.5. The summed E-state index contributed by atoms with van der Waals surface area (Å²) in [6.45, 7) is 0.794. The number of ether oxygens (including phenoxy) is 2. The summed E-state index contributed by atoms with van der Waals surface area (Å²) in [6.07, 6.45) is 1.41. The second-order valence-corrected chi connectivity index (χ2v) is 7.65. The molecule has 1 aliphatic heterocycles. The quantitative estimate of drug-likeness (QED) is 0.545. The predicted molar refractivity (Wildman–Crippen MR) is 125 cm³/mol. The Labute approximate surface area is 191 Å². The molecule has 1 N–H and O–H groups in total. The first-order chi connectivity index (χ1) is 16.0. The van der Waals surface area contributed by atoms with Gasteiger partial charge < -0.3 is 19.7 Å². The van der Waals surface area contributed by atoms with E-state index >= 15 is 0 Å². The molecule has 2 amide bonds. The summed E-state index contributed by atoms with van der Waals surface area (Å²) in [5.74, 6) is 0.131. The second-order valence-electron chi connectivity index (χ2n) is 7.65. The highest BCUT2D eigenvalue weighted by Gasteiger charge is 2.21. The predicted octanol–water partition coefficient (Wildman–Crippen LogP) is 4.43. The highest BCUT2D eigenvalue weighted by Crippen LogP contribution is 2.22. The van der Waals surface area contributed by atoms with Crippen LogP contribution < -0.4 is 15.0 Å². The van der Waals surface area contributed by atoms with Crippen LogP contribution in [0.15, 0.2) is 72.8 Å². The number of nitrogens with zero attached hydrogens (tertiary/aromatic N) is 1. The number of hydrogen-bond donors (Lipinski definition) is 1. The van der Waals surface area contributed by atoms with Crippen molar-refractivity contribution in [3.8, 4) is 5.75 Å². The lowest BCUT2D eigenvalue weighted by molar-refractivity contribution is -0.117. The van der Waals surface area contributed by atoms with Gasteiger partial charge in [-0.3, -0.25) is 9.59 Å². The molecule has 33 heavy (non-hydrogen) atoms. The molecule has 1 saturated heterocycles. The van der Waals surface area contributed by atoms with Crippen LogP contribution >= 0.6 is 0 Å². The number of carbonyl (C=O) groups excluding carboxylic acids is 3. The van der Waals surface area contributed by atoms with Gasteiger partial charge in [0, 0.05) is 29.9 Å². The molecule has 0 unspecified atom stereocenters. The Morgan fingerprint density at radius 3 is 2.18 bits per heavy atom. The molecule has 168 valence electrons. The Kier molecular flexibility index (Phi) is 6.69. The first-order valence-corrected chi connectivity index (χ1v) is 10.7. The van der Waals surface area contributed by atoms with Gasteiger partial charge >= 0.3 is 5.97 Å². The van der Waals surface area contributed by atoms with E-state index in [9.17, 15) is 14.4 Å². The van der Waals surface area contributed by atoms with Gasteiger partial charge in [0.15, 0.2) is 0 Å². The second kappa shape index (κ2) is 9.99. The van der Waals surface area contributed by atoms with Gasteiger partial charge in [-0.15, -0.1) is 0 Å². The summed E-state index contributed by atoms with van der Waals surface area (Å²) in [4.78, 5) is 38.3. The molecule has 0 bridgehead atoms. The Hall–Kier alpha value is -4.13. The zero-order valence-corrected chi connectivity index (χ0v) is 18.2. The summed E-state index contributed by atoms with van der Waals surface area (Å²) in [5.41, 5.74) is 3.13. The van der Waals surface area contributed by atoms with Crippen molar-refractivity contribution in [2.45, 2.75) is 19.4 Å². The number of methoxy groups -OCH3 is 1. The van der Waals surface area contributed by atoms with Crippen molar-refractivity contribution in [2.24, 2.45) is 0 Å². The normalized spacial score (nSPS) is 13.0. The lowest BCUT2D eigenvalue weighted by Gasteiger charge is -2.15. The minimum absolute atomic E-state index is 0.0889. The van der Waals surface area contributed by atoms with Gasteiger partial charge in [0.2, 0.25) is 5.91 Å². The van der Waals surface area contributed by atoms with Gasteiger partial charge in [-0.25, -0.2) is 4.79 Å². The fourth-order valence-electron chi connectivity index (χ4n) is 3.56. The molecule has 3 aromatic rings. The topological polar surface area (TPSA) is 84.9 Å². The molecule has 0 atom stereocenters. The summed E-state index contributed by atoms with van der Waals surface area (Å²) in [5, 5.41) is 2.82. The molecule has 1 fully saturated rings. The van der Waals surface area contributed by atoms with Gasteiger partial charge in [-0.2, -0.15) is 0 Å². The van der Waals surface area contributed by atoms with Crippen LogP contribution in [0.2, 0.25) is 0 Å². The van der Waals surface area contributed by atoms with Gasteiger partial charge in [0.1, 0.15) is 12.4 Å². The fraction of sp³-hybridized carbons (Fsp3) is 0.192. The van der Waals surface area contributed by atoms with Crippen LogP contribution in [0.5, 0.6) is 5.75 Å². The zero-order chi connectivity index (χ0) is 23.2. The maximum Gasteiger partial charge on any atom is 0.338 e. The Balaban J connectivity index is 1.30. The van der Waals surface area contributed by atoms with Crippen LogP contribution in [0.1, 0.15) is 39.1 Å². The van der Waals surface area contributed by atoms with E-state index in [-0.39, 0.29) is 18.4 Å². The Morgan fingerprint density at radius 1 is 0.909 bits per heavy atom. The molecule has 7 nitrogen and oxygen atoms in total. The SMILES string of the molecule is COc1ccc(NC(=O)c2ccc(COC(=O)c3ccc(N4CCCC4=O)cc3)cc2)cc1. The fourth-order valence-corrected chi connectivity index (χ4v) is 3.56. The van der Waals surface area contributed by atoms with Crippen LogP contribution in [-0.4, -0.2) is 31.4 Å². The Bertz CT molecular complexity index is 1140. The lowest BCUT2D eigenvalue weighted by atomic mass is 10.1. The first kappa shape index (κ1) is 22.1. The number of benzene rings is 3. The average Bonchev–Trinajstić information content (AvgIpc) is 3.29. The largest absolute Gasteiger partial charge is 0.497 e. The van der Waals surface area contributed by atoms with Crippen LogP contribution in [0, 0.1) is 0 Å². The van der Waals surface area contributed by atoms with Gasteiger partial charge in [-0.1, -0.05) is 12.1 Å². The van der Waals surface area contributed by atoms with Crippen molar-refractivity contribution in [1.29, 1.82) is 0 Å². The summed E-state index contributed by atoms with van der Waals surface area (Å²) >= 11 is 0. The molecule has 3 aromatic carbocycles. The molecule has 0 radical (unpaired) electrons. The maximum absolute atomic E-state index is 12.4. The van der Waals surface area contributed by atoms with Crippen molar-refractivity contribution in [3.63, 3.8) is 0 Å². The smallest absolute Gasteiger partial charge is 0.338 e. The third-order valence-electron chi connectivity index (χ3n) is 5.42. The van der Waals surface area contributed by atoms with Crippen molar-refractivity contribution in [3.05, 3.63) is 89.5 Å². The number of hydrogen-bond acceptors (Lipinski definition) is 5. The maximum atomic E-state index is 12.4. The first-order valence-electron chi connectivity index (χ1n) is 10.7. The van der Waals surface area contributed by atoms with Crippen LogP contribution in [0.3, 0.4) is 0 Å². The van der Waals surface area contributed by atoms with Crippen molar-refractivity contribution < 1.29 is 23.9 Å². The van der Waals surface area contributed by atoms with Crippen LogP contribution in [0.25, 0.3) is 0 Å². The zero-order valence-electron chi connectivity index (χ0n) is 18.2. The highest BCUT2D eigenvalue weighted by molar-refractivity contribution is 6.04. The van der Waals surface area contributed by atoms with E-state index in [4.69, 9.17) is 9.47 Å². The molecule has 4 rings (SSSR count). The molecular formula is C26H24N2O5. The molecule has 0 saturated carbocycles. The average molecular weight is 444 g/mol. The van der Waals surface area contributed by atoms with Crippen molar-refractivity contribution >= 4 is 29.2 Å². The number of carbonyl (C=O) groups is 3. The minimum Gasteiger partial charge on any atom is -0.497 e. The van der Waals surface area contributed by atoms with Gasteiger partial charge in [0.25, 0.3) is 5.91 Å². The van der Waals surface area contributed by atoms with Crippen molar-refractivity contribution in [1.82, 2.24) is 0 Å². The molecule has 0 aliphatic carbocycles. The van der Waals surface area contributed by atoms with E-state index in [1.54, 1.807) is 84.8 Å². The summed E-state index contributed by atoms with van der Waals surface area (Å²) in [6, 6.07) is 20.8.